The van der Waals surface area contributed by atoms with Gasteiger partial charge in [0.15, 0.2) is 0 Å². The predicted molar refractivity (Wildman–Crippen MR) is 121 cm³/mol. The van der Waals surface area contributed by atoms with Crippen LogP contribution in [0.4, 0.5) is 0 Å². The fraction of sp³-hybridized carbons (Fsp3) is 0.481. The zero-order valence-corrected chi connectivity index (χ0v) is 17.5. The van der Waals surface area contributed by atoms with Crippen molar-refractivity contribution in [1.82, 2.24) is 0 Å². The van der Waals surface area contributed by atoms with Crippen molar-refractivity contribution in [2.24, 2.45) is 5.92 Å². The standard InChI is InChI=1S/C27H36O/c1-3-5-6-7-22-8-12-24(13-9-22)26-16-18-27(19-17-26)25-14-10-23(11-15-25)21-28-20-4-2/h3,10-11,14-19,22,24H,1,4-9,12-13,20-21H2,2H3. The van der Waals surface area contributed by atoms with Gasteiger partial charge in [0.1, 0.15) is 0 Å². The molecule has 1 fully saturated rings. The summed E-state index contributed by atoms with van der Waals surface area (Å²) in [5.74, 6) is 1.69. The van der Waals surface area contributed by atoms with Gasteiger partial charge in [-0.05, 0) is 79.0 Å². The first-order valence-corrected chi connectivity index (χ1v) is 11.2. The molecule has 0 unspecified atom stereocenters. The molecule has 0 amide bonds. The fourth-order valence-electron chi connectivity index (χ4n) is 4.41. The van der Waals surface area contributed by atoms with Gasteiger partial charge in [-0.15, -0.1) is 6.58 Å². The highest BCUT2D eigenvalue weighted by molar-refractivity contribution is 5.64. The maximum absolute atomic E-state index is 5.63. The van der Waals surface area contributed by atoms with Crippen molar-refractivity contribution in [3.05, 3.63) is 72.3 Å². The molecule has 1 saturated carbocycles. The summed E-state index contributed by atoms with van der Waals surface area (Å²) in [5.41, 5.74) is 5.37. The summed E-state index contributed by atoms with van der Waals surface area (Å²) >= 11 is 0. The highest BCUT2D eigenvalue weighted by Crippen LogP contribution is 2.38. The molecule has 0 spiro atoms. The van der Waals surface area contributed by atoms with E-state index in [1.165, 1.54) is 67.2 Å². The number of unbranched alkanes of at least 4 members (excludes halogenated alkanes) is 1. The van der Waals surface area contributed by atoms with Crippen LogP contribution in [0.15, 0.2) is 61.2 Å². The maximum atomic E-state index is 5.63. The minimum absolute atomic E-state index is 0.712. The van der Waals surface area contributed by atoms with E-state index in [0.717, 1.165) is 24.9 Å². The Balaban J connectivity index is 1.52. The Kier molecular flexibility index (Phi) is 8.36. The lowest BCUT2D eigenvalue weighted by molar-refractivity contribution is 0.121. The Bertz CT molecular complexity index is 690. The van der Waals surface area contributed by atoms with Gasteiger partial charge in [0.25, 0.3) is 0 Å². The molecule has 0 atom stereocenters. The van der Waals surface area contributed by atoms with E-state index in [1.54, 1.807) is 0 Å². The molecular formula is C27H36O. The minimum atomic E-state index is 0.712. The summed E-state index contributed by atoms with van der Waals surface area (Å²) < 4.78 is 5.63. The average molecular weight is 377 g/mol. The van der Waals surface area contributed by atoms with E-state index in [1.807, 2.05) is 0 Å². The van der Waals surface area contributed by atoms with Gasteiger partial charge in [-0.3, -0.25) is 0 Å². The molecule has 28 heavy (non-hydrogen) atoms. The molecule has 1 aliphatic rings. The molecule has 0 N–H and O–H groups in total. The first-order valence-electron chi connectivity index (χ1n) is 11.2. The molecule has 1 heteroatoms. The molecule has 0 radical (unpaired) electrons. The zero-order chi connectivity index (χ0) is 19.6. The van der Waals surface area contributed by atoms with Gasteiger partial charge in [-0.2, -0.15) is 0 Å². The molecular weight excluding hydrogens is 340 g/mol. The quantitative estimate of drug-likeness (QED) is 0.302. The summed E-state index contributed by atoms with van der Waals surface area (Å²) in [5, 5.41) is 0. The molecule has 0 aliphatic heterocycles. The molecule has 1 nitrogen and oxygen atoms in total. The van der Waals surface area contributed by atoms with Gasteiger partial charge in [-0.25, -0.2) is 0 Å². The average Bonchev–Trinajstić information content (AvgIpc) is 2.75. The van der Waals surface area contributed by atoms with Crippen LogP contribution in [-0.2, 0) is 11.3 Å². The summed E-state index contributed by atoms with van der Waals surface area (Å²) in [4.78, 5) is 0. The van der Waals surface area contributed by atoms with Crippen LogP contribution >= 0.6 is 0 Å². The lowest BCUT2D eigenvalue weighted by atomic mass is 9.77. The number of benzene rings is 2. The first kappa shape index (κ1) is 20.9. The monoisotopic (exact) mass is 376 g/mol. The van der Waals surface area contributed by atoms with Gasteiger partial charge >= 0.3 is 0 Å². The second-order valence-corrected chi connectivity index (χ2v) is 8.31. The Morgan fingerprint density at radius 1 is 0.929 bits per heavy atom. The molecule has 1 aliphatic carbocycles. The Morgan fingerprint density at radius 2 is 1.57 bits per heavy atom. The Labute approximate surface area is 171 Å². The molecule has 3 rings (SSSR count). The third-order valence-electron chi connectivity index (χ3n) is 6.15. The van der Waals surface area contributed by atoms with E-state index in [9.17, 15) is 0 Å². The molecule has 2 aromatic rings. The lowest BCUT2D eigenvalue weighted by Crippen LogP contribution is -2.13. The van der Waals surface area contributed by atoms with Gasteiger partial charge in [-0.1, -0.05) is 68.0 Å². The second-order valence-electron chi connectivity index (χ2n) is 8.31. The third kappa shape index (κ3) is 6.07. The number of rotatable bonds is 10. The Hall–Kier alpha value is -1.86. The molecule has 0 saturated heterocycles. The largest absolute Gasteiger partial charge is 0.377 e. The second kappa shape index (κ2) is 11.2. The summed E-state index contributed by atoms with van der Waals surface area (Å²) in [6.07, 6.45) is 12.5. The van der Waals surface area contributed by atoms with Crippen molar-refractivity contribution in [2.75, 3.05) is 6.61 Å². The van der Waals surface area contributed by atoms with E-state index in [0.29, 0.717) is 6.61 Å². The van der Waals surface area contributed by atoms with Crippen molar-refractivity contribution in [3.63, 3.8) is 0 Å². The number of hydrogen-bond donors (Lipinski definition) is 0. The van der Waals surface area contributed by atoms with Crippen LogP contribution in [-0.4, -0.2) is 6.61 Å². The van der Waals surface area contributed by atoms with E-state index in [-0.39, 0.29) is 0 Å². The fourth-order valence-corrected chi connectivity index (χ4v) is 4.41. The van der Waals surface area contributed by atoms with Crippen LogP contribution in [0.3, 0.4) is 0 Å². The van der Waals surface area contributed by atoms with Crippen molar-refractivity contribution < 1.29 is 4.74 Å². The van der Waals surface area contributed by atoms with Crippen molar-refractivity contribution in [2.45, 2.75) is 70.8 Å². The zero-order valence-electron chi connectivity index (χ0n) is 17.5. The number of hydrogen-bond acceptors (Lipinski definition) is 1. The Morgan fingerprint density at radius 3 is 2.18 bits per heavy atom. The highest BCUT2D eigenvalue weighted by atomic mass is 16.5. The van der Waals surface area contributed by atoms with Crippen molar-refractivity contribution in [1.29, 1.82) is 0 Å². The highest BCUT2D eigenvalue weighted by Gasteiger charge is 2.21. The van der Waals surface area contributed by atoms with Gasteiger partial charge in [0.05, 0.1) is 6.61 Å². The van der Waals surface area contributed by atoms with Crippen molar-refractivity contribution in [3.8, 4) is 11.1 Å². The number of allylic oxidation sites excluding steroid dienone is 1. The lowest BCUT2D eigenvalue weighted by Gasteiger charge is -2.29. The van der Waals surface area contributed by atoms with Crippen LogP contribution in [0.1, 0.15) is 75.3 Å². The van der Waals surface area contributed by atoms with Crippen LogP contribution in [0.25, 0.3) is 11.1 Å². The van der Waals surface area contributed by atoms with E-state index < -0.39 is 0 Å². The summed E-state index contributed by atoms with van der Waals surface area (Å²) in [6, 6.07) is 18.1. The smallest absolute Gasteiger partial charge is 0.0716 e. The van der Waals surface area contributed by atoms with Crippen LogP contribution in [0, 0.1) is 5.92 Å². The summed E-state index contributed by atoms with van der Waals surface area (Å²) in [6.45, 7) is 7.52. The van der Waals surface area contributed by atoms with Crippen molar-refractivity contribution >= 4 is 0 Å². The van der Waals surface area contributed by atoms with E-state index in [4.69, 9.17) is 4.74 Å². The molecule has 150 valence electrons. The molecule has 0 aromatic heterocycles. The summed E-state index contributed by atoms with van der Waals surface area (Å²) in [7, 11) is 0. The van der Waals surface area contributed by atoms with Gasteiger partial charge in [0, 0.05) is 6.61 Å². The molecule has 0 bridgehead atoms. The van der Waals surface area contributed by atoms with Crippen LogP contribution in [0.2, 0.25) is 0 Å². The van der Waals surface area contributed by atoms with Crippen LogP contribution in [0.5, 0.6) is 0 Å². The predicted octanol–water partition coefficient (Wildman–Crippen LogP) is 7.91. The van der Waals surface area contributed by atoms with E-state index in [2.05, 4.69) is 68.1 Å². The number of ether oxygens (including phenoxy) is 1. The van der Waals surface area contributed by atoms with E-state index >= 15 is 0 Å². The molecule has 0 heterocycles. The topological polar surface area (TPSA) is 9.23 Å². The molecule has 2 aromatic carbocycles. The minimum Gasteiger partial charge on any atom is -0.377 e. The SMILES string of the molecule is C=CCCCC1CCC(c2ccc(-c3ccc(COCCC)cc3)cc2)CC1. The van der Waals surface area contributed by atoms with Gasteiger partial charge in [0.2, 0.25) is 0 Å². The van der Waals surface area contributed by atoms with Gasteiger partial charge < -0.3 is 4.74 Å². The third-order valence-corrected chi connectivity index (χ3v) is 6.15. The van der Waals surface area contributed by atoms with Crippen LogP contribution < -0.4 is 0 Å². The maximum Gasteiger partial charge on any atom is 0.0716 e. The normalized spacial score (nSPS) is 19.5. The first-order chi connectivity index (χ1) is 13.8.